The highest BCUT2D eigenvalue weighted by atomic mass is 16.1. The number of pyridine rings is 1. The van der Waals surface area contributed by atoms with Crippen molar-refractivity contribution in [2.24, 2.45) is 0 Å². The minimum Gasteiger partial charge on any atom is -0.358 e. The molecule has 0 aliphatic heterocycles. The topological polar surface area (TPSA) is 63.1 Å². The van der Waals surface area contributed by atoms with Gasteiger partial charge < -0.3 is 15.2 Å². The van der Waals surface area contributed by atoms with Gasteiger partial charge in [0, 0.05) is 32.4 Å². The molecule has 0 aliphatic rings. The zero-order valence-electron chi connectivity index (χ0n) is 8.69. The van der Waals surface area contributed by atoms with E-state index in [9.17, 15) is 9.59 Å². The molecule has 5 nitrogen and oxygen atoms in total. The monoisotopic (exact) mass is 209 g/mol. The lowest BCUT2D eigenvalue weighted by atomic mass is 10.4. The molecule has 0 unspecified atom stereocenters. The Labute approximate surface area is 88.1 Å². The number of nitrogens with zero attached hydrogens (tertiary/aromatic N) is 1. The molecule has 5 heteroatoms. The highest BCUT2D eigenvalue weighted by molar-refractivity contribution is 5.77. The van der Waals surface area contributed by atoms with Gasteiger partial charge in [-0.3, -0.25) is 9.59 Å². The molecular formula is C10H15N3O2. The molecule has 0 saturated carbocycles. The van der Waals surface area contributed by atoms with Gasteiger partial charge in [-0.05, 0) is 6.07 Å². The third kappa shape index (κ3) is 3.95. The molecule has 2 N–H and O–H groups in total. The Morgan fingerprint density at radius 2 is 2.27 bits per heavy atom. The number of hydrogen-bond acceptors (Lipinski definition) is 3. The van der Waals surface area contributed by atoms with Crippen LogP contribution in [0.2, 0.25) is 0 Å². The number of carbonyl (C=O) groups is 1. The number of likely N-dealkylation sites (N-methyl/N-ethyl adjacent to an activating group) is 1. The number of carbonyl (C=O) groups excluding carboxylic acids is 1. The zero-order valence-corrected chi connectivity index (χ0v) is 8.69. The zero-order chi connectivity index (χ0) is 11.1. The molecular weight excluding hydrogens is 194 g/mol. The molecule has 0 bridgehead atoms. The van der Waals surface area contributed by atoms with Crippen LogP contribution in [0.5, 0.6) is 0 Å². The summed E-state index contributed by atoms with van der Waals surface area (Å²) in [6.45, 7) is 1.44. The second-order valence-corrected chi connectivity index (χ2v) is 3.08. The minimum atomic E-state index is -0.0598. The molecule has 0 radical (unpaired) electrons. The van der Waals surface area contributed by atoms with Crippen molar-refractivity contribution in [1.29, 1.82) is 0 Å². The van der Waals surface area contributed by atoms with Crippen LogP contribution in [0.4, 0.5) is 0 Å². The van der Waals surface area contributed by atoms with Crippen molar-refractivity contribution in [3.05, 3.63) is 34.7 Å². The number of hydrogen-bond donors (Lipinski definition) is 2. The van der Waals surface area contributed by atoms with Crippen molar-refractivity contribution < 1.29 is 4.79 Å². The van der Waals surface area contributed by atoms with Gasteiger partial charge in [0.2, 0.25) is 5.91 Å². The van der Waals surface area contributed by atoms with Crippen LogP contribution in [0, 0.1) is 0 Å². The van der Waals surface area contributed by atoms with E-state index in [0.29, 0.717) is 13.1 Å². The summed E-state index contributed by atoms with van der Waals surface area (Å²) in [5.74, 6) is -0.0598. The molecule has 0 atom stereocenters. The van der Waals surface area contributed by atoms with Gasteiger partial charge in [0.1, 0.15) is 0 Å². The number of amides is 1. The van der Waals surface area contributed by atoms with Crippen LogP contribution in [0.15, 0.2) is 29.2 Å². The Bertz CT molecular complexity index is 373. The van der Waals surface area contributed by atoms with E-state index < -0.39 is 0 Å². The second-order valence-electron chi connectivity index (χ2n) is 3.08. The third-order valence-electron chi connectivity index (χ3n) is 1.99. The first kappa shape index (κ1) is 11.5. The maximum absolute atomic E-state index is 11.3. The van der Waals surface area contributed by atoms with Gasteiger partial charge in [-0.15, -0.1) is 0 Å². The minimum absolute atomic E-state index is 0.0285. The molecule has 0 aliphatic carbocycles. The number of nitrogens with one attached hydrogen (secondary N) is 2. The molecule has 1 aromatic rings. The van der Waals surface area contributed by atoms with Gasteiger partial charge >= 0.3 is 0 Å². The summed E-state index contributed by atoms with van der Waals surface area (Å²) in [6.07, 6.45) is 1.73. The number of aromatic nitrogens is 1. The fourth-order valence-corrected chi connectivity index (χ4v) is 1.14. The Morgan fingerprint density at radius 1 is 1.47 bits per heavy atom. The maximum Gasteiger partial charge on any atom is 0.250 e. The molecule has 1 heterocycles. The van der Waals surface area contributed by atoms with E-state index in [1.807, 2.05) is 0 Å². The summed E-state index contributed by atoms with van der Waals surface area (Å²) in [4.78, 5) is 22.1. The Hall–Kier alpha value is -1.62. The van der Waals surface area contributed by atoms with Crippen LogP contribution in [0.3, 0.4) is 0 Å². The molecule has 0 fully saturated rings. The van der Waals surface area contributed by atoms with Crippen LogP contribution < -0.4 is 16.2 Å². The largest absolute Gasteiger partial charge is 0.358 e. The standard InChI is InChI=1S/C10H15N3O2/c1-11-9(14)8-12-5-7-13-6-3-2-4-10(13)15/h2-4,6,12H,5,7-8H2,1H3,(H,11,14). The number of rotatable bonds is 5. The fraction of sp³-hybridized carbons (Fsp3) is 0.400. The molecule has 1 amide bonds. The first-order chi connectivity index (χ1) is 7.24. The lowest BCUT2D eigenvalue weighted by Crippen LogP contribution is -2.34. The summed E-state index contributed by atoms with van der Waals surface area (Å²) >= 11 is 0. The van der Waals surface area contributed by atoms with Crippen molar-refractivity contribution in [1.82, 2.24) is 15.2 Å². The molecule has 0 spiro atoms. The van der Waals surface area contributed by atoms with Crippen LogP contribution in [-0.2, 0) is 11.3 Å². The molecule has 0 saturated heterocycles. The van der Waals surface area contributed by atoms with Crippen molar-refractivity contribution >= 4 is 5.91 Å². The summed E-state index contributed by atoms with van der Waals surface area (Å²) in [5.41, 5.74) is -0.0285. The van der Waals surface area contributed by atoms with Crippen molar-refractivity contribution in [3.8, 4) is 0 Å². The summed E-state index contributed by atoms with van der Waals surface area (Å²) in [6, 6.07) is 5.02. The fourth-order valence-electron chi connectivity index (χ4n) is 1.14. The van der Waals surface area contributed by atoms with E-state index in [2.05, 4.69) is 10.6 Å². The van der Waals surface area contributed by atoms with Crippen LogP contribution >= 0.6 is 0 Å². The van der Waals surface area contributed by atoms with Crippen molar-refractivity contribution in [2.75, 3.05) is 20.1 Å². The van der Waals surface area contributed by atoms with Crippen molar-refractivity contribution in [2.45, 2.75) is 6.54 Å². The highest BCUT2D eigenvalue weighted by Crippen LogP contribution is 1.80. The smallest absolute Gasteiger partial charge is 0.250 e. The van der Waals surface area contributed by atoms with Gasteiger partial charge in [-0.1, -0.05) is 6.07 Å². The van der Waals surface area contributed by atoms with E-state index in [4.69, 9.17) is 0 Å². The molecule has 1 rings (SSSR count). The normalized spacial score (nSPS) is 9.93. The summed E-state index contributed by atoms with van der Waals surface area (Å²) in [5, 5.41) is 5.45. The van der Waals surface area contributed by atoms with Crippen molar-refractivity contribution in [3.63, 3.8) is 0 Å². The van der Waals surface area contributed by atoms with Gasteiger partial charge in [0.05, 0.1) is 6.54 Å². The molecule has 0 aromatic carbocycles. The third-order valence-corrected chi connectivity index (χ3v) is 1.99. The van der Waals surface area contributed by atoms with E-state index in [0.717, 1.165) is 0 Å². The van der Waals surface area contributed by atoms with E-state index in [1.165, 1.54) is 6.07 Å². The molecule has 82 valence electrons. The predicted octanol–water partition coefficient (Wildman–Crippen LogP) is -0.816. The molecule has 1 aromatic heterocycles. The Balaban J connectivity index is 2.29. The Morgan fingerprint density at radius 3 is 2.93 bits per heavy atom. The van der Waals surface area contributed by atoms with Gasteiger partial charge in [-0.2, -0.15) is 0 Å². The summed E-state index contributed by atoms with van der Waals surface area (Å²) in [7, 11) is 1.59. The van der Waals surface area contributed by atoms with Gasteiger partial charge in [0.25, 0.3) is 5.56 Å². The maximum atomic E-state index is 11.3. The quantitative estimate of drug-likeness (QED) is 0.623. The average molecular weight is 209 g/mol. The van der Waals surface area contributed by atoms with E-state index >= 15 is 0 Å². The second kappa shape index (κ2) is 5.98. The van der Waals surface area contributed by atoms with Crippen LogP contribution in [-0.4, -0.2) is 30.6 Å². The first-order valence-corrected chi connectivity index (χ1v) is 4.81. The van der Waals surface area contributed by atoms with E-state index in [1.54, 1.807) is 29.9 Å². The lowest BCUT2D eigenvalue weighted by Gasteiger charge is -2.05. The summed E-state index contributed by atoms with van der Waals surface area (Å²) < 4.78 is 1.59. The van der Waals surface area contributed by atoms with Crippen LogP contribution in [0.25, 0.3) is 0 Å². The predicted molar refractivity (Wildman–Crippen MR) is 57.6 cm³/mol. The Kier molecular flexibility index (Phi) is 4.56. The van der Waals surface area contributed by atoms with Gasteiger partial charge in [0.15, 0.2) is 0 Å². The van der Waals surface area contributed by atoms with Gasteiger partial charge in [-0.25, -0.2) is 0 Å². The van der Waals surface area contributed by atoms with Crippen LogP contribution in [0.1, 0.15) is 0 Å². The first-order valence-electron chi connectivity index (χ1n) is 4.81. The molecule has 15 heavy (non-hydrogen) atoms. The van der Waals surface area contributed by atoms with E-state index in [-0.39, 0.29) is 18.0 Å². The SMILES string of the molecule is CNC(=O)CNCCn1ccccc1=O. The highest BCUT2D eigenvalue weighted by Gasteiger charge is 1.96. The lowest BCUT2D eigenvalue weighted by molar-refractivity contribution is -0.119. The average Bonchev–Trinajstić information content (AvgIpc) is 2.26.